The lowest BCUT2D eigenvalue weighted by molar-refractivity contribution is -0.117. The van der Waals surface area contributed by atoms with Crippen LogP contribution >= 0.6 is 0 Å². The van der Waals surface area contributed by atoms with Crippen LogP contribution in [0.4, 0.5) is 5.69 Å². The maximum atomic E-state index is 12.6. The fourth-order valence-electron chi connectivity index (χ4n) is 3.11. The van der Waals surface area contributed by atoms with Crippen molar-refractivity contribution in [3.8, 4) is 0 Å². The molecule has 2 aromatic rings. The first-order valence-electron chi connectivity index (χ1n) is 8.62. The molecule has 2 aliphatic rings. The van der Waals surface area contributed by atoms with E-state index in [1.807, 2.05) is 48.5 Å². The Morgan fingerprint density at radius 3 is 2.42 bits per heavy atom. The number of azo groups is 1. The van der Waals surface area contributed by atoms with Crippen LogP contribution in [0.2, 0.25) is 0 Å². The third-order valence-corrected chi connectivity index (χ3v) is 4.50. The number of amides is 1. The molecular formula is C19H20N6O. The Kier molecular flexibility index (Phi) is 4.55. The summed E-state index contributed by atoms with van der Waals surface area (Å²) in [5.74, 6) is -0.178. The number of carbonyl (C=O) groups excluding carboxylic acids is 1. The van der Waals surface area contributed by atoms with Gasteiger partial charge in [0.05, 0.1) is 11.4 Å². The number of para-hydroxylation sites is 1. The van der Waals surface area contributed by atoms with Gasteiger partial charge in [-0.2, -0.15) is 20.3 Å². The molecule has 0 radical (unpaired) electrons. The van der Waals surface area contributed by atoms with Gasteiger partial charge < -0.3 is 0 Å². The van der Waals surface area contributed by atoms with Crippen molar-refractivity contribution in [2.45, 2.75) is 31.6 Å². The highest BCUT2D eigenvalue weighted by Crippen LogP contribution is 2.24. The van der Waals surface area contributed by atoms with Crippen LogP contribution in [0, 0.1) is 0 Å². The molecule has 0 aliphatic carbocycles. The zero-order valence-corrected chi connectivity index (χ0v) is 14.4. The number of anilines is 1. The summed E-state index contributed by atoms with van der Waals surface area (Å²) in [5.41, 5.74) is 8.93. The van der Waals surface area contributed by atoms with Crippen LogP contribution in [0.5, 0.6) is 0 Å². The minimum atomic E-state index is -0.659. The van der Waals surface area contributed by atoms with Gasteiger partial charge in [0.2, 0.25) is 0 Å². The molecule has 1 fully saturated rings. The zero-order chi connectivity index (χ0) is 17.9. The fourth-order valence-corrected chi connectivity index (χ4v) is 3.11. The molecule has 0 aromatic heterocycles. The predicted molar refractivity (Wildman–Crippen MR) is 99.5 cm³/mol. The second kappa shape index (κ2) is 7.15. The molecule has 2 heterocycles. The van der Waals surface area contributed by atoms with Crippen molar-refractivity contribution in [2.75, 3.05) is 5.01 Å². The summed E-state index contributed by atoms with van der Waals surface area (Å²) in [6.07, 6.45) is 0.596. The second-order valence-corrected chi connectivity index (χ2v) is 6.36. The molecule has 4 rings (SSSR count). The molecule has 2 aromatic carbocycles. The van der Waals surface area contributed by atoms with Gasteiger partial charge in [0.1, 0.15) is 6.17 Å². The van der Waals surface area contributed by atoms with Crippen LogP contribution in [0.1, 0.15) is 24.9 Å². The molecule has 0 spiro atoms. The molecule has 2 N–H and O–H groups in total. The summed E-state index contributed by atoms with van der Waals surface area (Å²) in [5, 5.41) is 14.3. The number of nitrogens with zero attached hydrogens (tertiary/aromatic N) is 4. The molecule has 26 heavy (non-hydrogen) atoms. The van der Waals surface area contributed by atoms with E-state index < -0.39 is 6.04 Å². The maximum absolute atomic E-state index is 12.6. The average molecular weight is 348 g/mol. The van der Waals surface area contributed by atoms with E-state index in [1.165, 1.54) is 10.6 Å². The predicted octanol–water partition coefficient (Wildman–Crippen LogP) is 2.80. The number of benzene rings is 2. The van der Waals surface area contributed by atoms with Gasteiger partial charge in [0.25, 0.3) is 5.91 Å². The largest absolute Gasteiger partial charge is 0.280 e. The van der Waals surface area contributed by atoms with Crippen molar-refractivity contribution in [3.63, 3.8) is 0 Å². The Hall–Kier alpha value is -2.90. The van der Waals surface area contributed by atoms with Crippen molar-refractivity contribution in [3.05, 3.63) is 66.2 Å². The van der Waals surface area contributed by atoms with Crippen LogP contribution < -0.4 is 15.9 Å². The number of hydrogen-bond acceptors (Lipinski definition) is 6. The van der Waals surface area contributed by atoms with E-state index >= 15 is 0 Å². The van der Waals surface area contributed by atoms with E-state index in [-0.39, 0.29) is 18.1 Å². The molecule has 3 atom stereocenters. The van der Waals surface area contributed by atoms with E-state index in [0.717, 1.165) is 12.1 Å². The number of hydrogen-bond donors (Lipinski definition) is 2. The number of hydrazine groups is 1. The standard InChI is InChI=1S/C19H20N6O/c1-13-18(19(26)25(24-13)15-10-6-3-7-11-15)23-22-17-12-16(20-21-17)14-8-4-2-5-9-14/h2-11,16-18,20-21H,12H2,1H3. The summed E-state index contributed by atoms with van der Waals surface area (Å²) >= 11 is 0. The Bertz CT molecular complexity index is 836. The lowest BCUT2D eigenvalue weighted by Gasteiger charge is -2.12. The second-order valence-electron chi connectivity index (χ2n) is 6.36. The maximum Gasteiger partial charge on any atom is 0.280 e. The number of nitrogens with one attached hydrogen (secondary N) is 2. The smallest absolute Gasteiger partial charge is 0.269 e. The average Bonchev–Trinajstić information content (AvgIpc) is 3.26. The molecule has 0 saturated carbocycles. The number of rotatable bonds is 4. The highest BCUT2D eigenvalue weighted by Gasteiger charge is 2.35. The lowest BCUT2D eigenvalue weighted by Crippen LogP contribution is -2.32. The van der Waals surface area contributed by atoms with E-state index in [2.05, 4.69) is 38.3 Å². The molecule has 132 valence electrons. The van der Waals surface area contributed by atoms with Gasteiger partial charge in [-0.05, 0) is 24.6 Å². The van der Waals surface area contributed by atoms with Crippen molar-refractivity contribution in [1.82, 2.24) is 10.9 Å². The molecular weight excluding hydrogens is 328 g/mol. The normalized spacial score (nSPS) is 25.9. The first-order chi connectivity index (χ1) is 12.7. The lowest BCUT2D eigenvalue weighted by atomic mass is 10.1. The molecule has 7 nitrogen and oxygen atoms in total. The van der Waals surface area contributed by atoms with Crippen LogP contribution in [-0.2, 0) is 4.79 Å². The Morgan fingerprint density at radius 1 is 1.00 bits per heavy atom. The fraction of sp³-hybridized carbons (Fsp3) is 0.263. The van der Waals surface area contributed by atoms with Gasteiger partial charge in [-0.25, -0.2) is 10.9 Å². The molecule has 2 aliphatic heterocycles. The molecule has 3 unspecified atom stereocenters. The van der Waals surface area contributed by atoms with Crippen molar-refractivity contribution < 1.29 is 4.79 Å². The van der Waals surface area contributed by atoms with Gasteiger partial charge in [0, 0.05) is 12.5 Å². The van der Waals surface area contributed by atoms with Gasteiger partial charge in [-0.3, -0.25) is 4.79 Å². The third kappa shape index (κ3) is 3.26. The van der Waals surface area contributed by atoms with E-state index in [0.29, 0.717) is 5.71 Å². The molecule has 0 bridgehead atoms. The monoisotopic (exact) mass is 348 g/mol. The Labute approximate surface area is 151 Å². The zero-order valence-electron chi connectivity index (χ0n) is 14.4. The van der Waals surface area contributed by atoms with Gasteiger partial charge in [-0.15, -0.1) is 0 Å². The van der Waals surface area contributed by atoms with Gasteiger partial charge in [0.15, 0.2) is 6.04 Å². The first-order valence-corrected chi connectivity index (χ1v) is 8.62. The van der Waals surface area contributed by atoms with Crippen LogP contribution in [0.3, 0.4) is 0 Å². The highest BCUT2D eigenvalue weighted by molar-refractivity contribution is 6.18. The van der Waals surface area contributed by atoms with Crippen molar-refractivity contribution >= 4 is 17.3 Å². The summed E-state index contributed by atoms with van der Waals surface area (Å²) < 4.78 is 0. The highest BCUT2D eigenvalue weighted by atomic mass is 16.2. The Balaban J connectivity index is 1.42. The summed E-state index contributed by atoms with van der Waals surface area (Å²) in [6, 6.07) is 19.0. The van der Waals surface area contributed by atoms with Crippen molar-refractivity contribution in [1.29, 1.82) is 0 Å². The van der Waals surface area contributed by atoms with Crippen LogP contribution in [0.15, 0.2) is 76.0 Å². The first kappa shape index (κ1) is 16.6. The van der Waals surface area contributed by atoms with Gasteiger partial charge in [-0.1, -0.05) is 48.5 Å². The quantitative estimate of drug-likeness (QED) is 0.834. The van der Waals surface area contributed by atoms with Crippen LogP contribution in [-0.4, -0.2) is 23.8 Å². The SMILES string of the molecule is CC1=NN(c2ccccc2)C(=O)C1N=NC1CC(c2ccccc2)NN1. The molecule has 7 heteroatoms. The van der Waals surface area contributed by atoms with E-state index in [4.69, 9.17) is 0 Å². The minimum Gasteiger partial charge on any atom is -0.269 e. The van der Waals surface area contributed by atoms with Crippen LogP contribution in [0.25, 0.3) is 0 Å². The topological polar surface area (TPSA) is 81.5 Å². The molecule has 1 amide bonds. The summed E-state index contributed by atoms with van der Waals surface area (Å²) in [7, 11) is 0. The summed E-state index contributed by atoms with van der Waals surface area (Å²) in [6.45, 7) is 1.80. The van der Waals surface area contributed by atoms with Crippen molar-refractivity contribution in [2.24, 2.45) is 15.3 Å². The van der Waals surface area contributed by atoms with E-state index in [1.54, 1.807) is 6.92 Å². The third-order valence-electron chi connectivity index (χ3n) is 4.50. The van der Waals surface area contributed by atoms with E-state index in [9.17, 15) is 4.79 Å². The molecule has 1 saturated heterocycles. The number of carbonyl (C=O) groups is 1. The summed E-state index contributed by atoms with van der Waals surface area (Å²) in [4.78, 5) is 12.6. The minimum absolute atomic E-state index is 0.174. The van der Waals surface area contributed by atoms with Gasteiger partial charge >= 0.3 is 0 Å². The number of hydrazone groups is 1. The Morgan fingerprint density at radius 2 is 1.69 bits per heavy atom.